The van der Waals surface area contributed by atoms with Crippen LogP contribution in [0.1, 0.15) is 76.4 Å². The number of aliphatic hydroxyl groups excluding tert-OH is 1. The molecule has 0 radical (unpaired) electrons. The van der Waals surface area contributed by atoms with Gasteiger partial charge in [-0.1, -0.05) is 64.1 Å². The number of nitrogens with one attached hydrogen (secondary N) is 2. The molecule has 0 bridgehead atoms. The van der Waals surface area contributed by atoms with Crippen LogP contribution in [0.5, 0.6) is 11.6 Å². The van der Waals surface area contributed by atoms with Gasteiger partial charge >= 0.3 is 0 Å². The number of β-amino-alcohol motifs (C(OH)–C–C–N with tert-alkyl or cyclic N) is 1. The van der Waals surface area contributed by atoms with Crippen LogP contribution < -0.4 is 20.3 Å². The second-order valence-electron chi connectivity index (χ2n) is 16.8. The summed E-state index contributed by atoms with van der Waals surface area (Å²) >= 11 is 1.64. The Balaban J connectivity index is 0.000000308. The van der Waals surface area contributed by atoms with E-state index in [1.54, 1.807) is 34.4 Å². The number of nitrogens with zero attached hydrogens (tertiary/aromatic N) is 8. The number of likely N-dealkylation sites (tertiary alicyclic amines) is 2. The summed E-state index contributed by atoms with van der Waals surface area (Å²) < 4.78 is 11.5. The Morgan fingerprint density at radius 2 is 1.74 bits per heavy atom. The molecule has 6 heterocycles. The Morgan fingerprint density at radius 3 is 2.38 bits per heavy atom. The van der Waals surface area contributed by atoms with Crippen molar-refractivity contribution in [2.75, 3.05) is 82.8 Å². The van der Waals surface area contributed by atoms with E-state index in [1.807, 2.05) is 84.4 Å². The van der Waals surface area contributed by atoms with Gasteiger partial charge in [0.15, 0.2) is 11.6 Å². The number of thiazole rings is 1. The molecule has 3 unspecified atom stereocenters. The fourth-order valence-corrected chi connectivity index (χ4v) is 9.42. The summed E-state index contributed by atoms with van der Waals surface area (Å²) in [6.07, 6.45) is 2.00. The average Bonchev–Trinajstić information content (AvgIpc) is 4.17. The molecule has 2 aromatic carbocycles. The van der Waals surface area contributed by atoms with Crippen molar-refractivity contribution >= 4 is 35.2 Å². The Morgan fingerprint density at radius 1 is 0.985 bits per heavy atom. The van der Waals surface area contributed by atoms with Gasteiger partial charge in [0.2, 0.25) is 12.3 Å². The number of aromatic nitrogens is 4. The van der Waals surface area contributed by atoms with Crippen molar-refractivity contribution in [1.29, 1.82) is 0 Å². The molecule has 0 spiro atoms. The van der Waals surface area contributed by atoms with Crippen molar-refractivity contribution in [3.05, 3.63) is 83.2 Å². The lowest BCUT2D eigenvalue weighted by Crippen LogP contribution is -2.51. The molecule has 3 saturated heterocycles. The van der Waals surface area contributed by atoms with Crippen LogP contribution in [0.2, 0.25) is 0 Å². The van der Waals surface area contributed by atoms with E-state index in [9.17, 15) is 19.8 Å². The molecule has 5 aromatic rings. The van der Waals surface area contributed by atoms with Gasteiger partial charge in [0.25, 0.3) is 5.88 Å². The molecule has 2 amide bonds. The van der Waals surface area contributed by atoms with Crippen molar-refractivity contribution in [2.45, 2.75) is 78.5 Å². The first-order valence-corrected chi connectivity index (χ1v) is 23.7. The second-order valence-corrected chi connectivity index (χ2v) is 17.6. The van der Waals surface area contributed by atoms with Gasteiger partial charge in [0.05, 0.1) is 39.6 Å². The van der Waals surface area contributed by atoms with Crippen molar-refractivity contribution in [3.63, 3.8) is 0 Å². The zero-order chi connectivity index (χ0) is 46.5. The minimum atomic E-state index is -0.457. The van der Waals surface area contributed by atoms with Gasteiger partial charge in [-0.15, -0.1) is 21.5 Å². The number of benzene rings is 2. The number of aliphatic hydroxyl groups is 1. The molecule has 0 saturated carbocycles. The summed E-state index contributed by atoms with van der Waals surface area (Å²) in [4.78, 5) is 38.0. The van der Waals surface area contributed by atoms with Crippen LogP contribution in [0.3, 0.4) is 0 Å². The first-order chi connectivity index (χ1) is 31.5. The van der Waals surface area contributed by atoms with Gasteiger partial charge in [0.1, 0.15) is 18.3 Å². The van der Waals surface area contributed by atoms with Gasteiger partial charge < -0.3 is 39.9 Å². The van der Waals surface area contributed by atoms with Crippen molar-refractivity contribution in [3.8, 4) is 33.3 Å². The highest BCUT2D eigenvalue weighted by atomic mass is 32.1. The predicted molar refractivity (Wildman–Crippen MR) is 255 cm³/mol. The van der Waals surface area contributed by atoms with Gasteiger partial charge in [-0.2, -0.15) is 0 Å². The topological polar surface area (TPSA) is 186 Å². The Bertz CT molecular complexity index is 2260. The number of aromatic hydroxyl groups is 1. The van der Waals surface area contributed by atoms with Crippen molar-refractivity contribution < 1.29 is 29.1 Å². The van der Waals surface area contributed by atoms with E-state index in [4.69, 9.17) is 9.26 Å². The minimum absolute atomic E-state index is 0.0300. The molecule has 4 N–H and O–H groups in total. The maximum atomic E-state index is 13.1. The SMILES string of the molecule is CC.CNc1nnc(-c2ccccc2O)cc1N1CCN(C2CCN(CCOc3cc(C(C(=O)N4CCC(O)C4)C(C)C)on3)C2)CC1.Cc1ncsc1-c1ccc([C@H](C)NC=O)cc1. The zero-order valence-corrected chi connectivity index (χ0v) is 39.6. The summed E-state index contributed by atoms with van der Waals surface area (Å²) in [6, 6.07) is 19.7. The number of amides is 2. The Labute approximate surface area is 387 Å². The highest BCUT2D eigenvalue weighted by molar-refractivity contribution is 7.13. The van der Waals surface area contributed by atoms with Gasteiger partial charge in [0, 0.05) is 77.1 Å². The molecule has 3 fully saturated rings. The number of phenolic OH excluding ortho intramolecular Hbond substituents is 1. The number of piperazine rings is 1. The molecule has 17 heteroatoms. The van der Waals surface area contributed by atoms with Crippen LogP contribution in [-0.2, 0) is 9.59 Å². The number of aryl methyl sites for hydroxylation is 1. The molecular formula is C48H66N10O6S. The number of para-hydroxylation sites is 1. The maximum absolute atomic E-state index is 13.1. The first kappa shape index (κ1) is 48.8. The number of ether oxygens (including phenoxy) is 1. The van der Waals surface area contributed by atoms with Crippen LogP contribution >= 0.6 is 11.3 Å². The van der Waals surface area contributed by atoms with E-state index in [1.165, 1.54) is 10.4 Å². The lowest BCUT2D eigenvalue weighted by atomic mass is 9.92. The summed E-state index contributed by atoms with van der Waals surface area (Å²) in [5, 5.41) is 39.0. The zero-order valence-electron chi connectivity index (χ0n) is 38.8. The second kappa shape index (κ2) is 23.5. The van der Waals surface area contributed by atoms with E-state index in [0.717, 1.165) is 81.4 Å². The van der Waals surface area contributed by atoms with E-state index in [2.05, 4.69) is 57.8 Å². The van der Waals surface area contributed by atoms with Crippen LogP contribution in [0.25, 0.3) is 21.7 Å². The normalized spacial score (nSPS) is 18.6. The maximum Gasteiger partial charge on any atom is 0.254 e. The summed E-state index contributed by atoms with van der Waals surface area (Å²) in [5.74, 6) is 1.39. The molecule has 3 aliphatic heterocycles. The van der Waals surface area contributed by atoms with E-state index in [-0.39, 0.29) is 23.6 Å². The Kier molecular flexibility index (Phi) is 17.7. The number of carbonyl (C=O) groups is 2. The lowest BCUT2D eigenvalue weighted by molar-refractivity contribution is -0.133. The number of rotatable bonds is 15. The molecule has 3 aromatic heterocycles. The largest absolute Gasteiger partial charge is 0.507 e. The molecular weight excluding hydrogens is 845 g/mol. The Hall–Kier alpha value is -5.62. The monoisotopic (exact) mass is 910 g/mol. The van der Waals surface area contributed by atoms with Crippen molar-refractivity contribution in [2.24, 2.45) is 5.92 Å². The van der Waals surface area contributed by atoms with Crippen LogP contribution in [0, 0.1) is 12.8 Å². The number of phenols is 1. The molecule has 65 heavy (non-hydrogen) atoms. The molecule has 8 rings (SSSR count). The van der Waals surface area contributed by atoms with E-state index in [0.29, 0.717) is 55.1 Å². The fraction of sp³-hybridized carbons (Fsp3) is 0.500. The van der Waals surface area contributed by atoms with Gasteiger partial charge in [-0.3, -0.25) is 19.4 Å². The molecule has 4 atom stereocenters. The summed E-state index contributed by atoms with van der Waals surface area (Å²) in [6.45, 7) is 19.9. The third-order valence-electron chi connectivity index (χ3n) is 12.2. The third kappa shape index (κ3) is 12.4. The van der Waals surface area contributed by atoms with Gasteiger partial charge in [-0.25, -0.2) is 4.98 Å². The summed E-state index contributed by atoms with van der Waals surface area (Å²) in [7, 11) is 1.85. The van der Waals surface area contributed by atoms with Gasteiger partial charge in [-0.05, 0) is 73.6 Å². The van der Waals surface area contributed by atoms with Crippen LogP contribution in [-0.4, -0.2) is 142 Å². The number of anilines is 2. The number of carbonyl (C=O) groups excluding carboxylic acids is 2. The number of hydrogen-bond donors (Lipinski definition) is 4. The van der Waals surface area contributed by atoms with Crippen LogP contribution in [0.4, 0.5) is 11.5 Å². The van der Waals surface area contributed by atoms with Crippen LogP contribution in [0.15, 0.2) is 70.7 Å². The first-order valence-electron chi connectivity index (χ1n) is 22.8. The highest BCUT2D eigenvalue weighted by Crippen LogP contribution is 2.34. The highest BCUT2D eigenvalue weighted by Gasteiger charge is 2.36. The molecule has 3 aliphatic rings. The minimum Gasteiger partial charge on any atom is -0.507 e. The average molecular weight is 911 g/mol. The lowest BCUT2D eigenvalue weighted by Gasteiger charge is -2.39. The summed E-state index contributed by atoms with van der Waals surface area (Å²) in [5.41, 5.74) is 7.51. The fourth-order valence-electron chi connectivity index (χ4n) is 8.60. The quantitative estimate of drug-likeness (QED) is 0.0842. The van der Waals surface area contributed by atoms with E-state index >= 15 is 0 Å². The molecule has 16 nitrogen and oxygen atoms in total. The van der Waals surface area contributed by atoms with E-state index < -0.39 is 12.0 Å². The smallest absolute Gasteiger partial charge is 0.254 e. The molecule has 0 aliphatic carbocycles. The number of hydrogen-bond acceptors (Lipinski definition) is 15. The molecule has 350 valence electrons. The predicted octanol–water partition coefficient (Wildman–Crippen LogP) is 6.44. The van der Waals surface area contributed by atoms with Crippen molar-refractivity contribution in [1.82, 2.24) is 40.4 Å². The standard InChI is InChI=1S/C33H46N8O5.C13H14N2OS.C2H6/c1-22(2)31(33(44)41-11-9-24(42)21-41)29-19-30(37-46-29)45-17-16-38-10-8-23(20-38)39-12-14-40(15-13-39)27-18-26(35-36-32(27)34-3)25-6-4-5-7-28(25)43;1-9(14-7-16)11-3-5-12(6-4-11)13-10(2)15-8-17-13;1-2/h4-7,18-19,22-24,31,42-43H,8-17,20-21H2,1-3H3,(H,34,36);3-9H,1-2H3,(H,14,16);1-2H3/t;9-;/m.0./s1. The third-order valence-corrected chi connectivity index (χ3v) is 13.2.